The zero-order valence-electron chi connectivity index (χ0n) is 14.6. The van der Waals surface area contributed by atoms with Gasteiger partial charge < -0.3 is 4.74 Å². The fourth-order valence-electron chi connectivity index (χ4n) is 2.47. The summed E-state index contributed by atoms with van der Waals surface area (Å²) in [6, 6.07) is 18.4. The zero-order valence-corrected chi connectivity index (χ0v) is 15.3. The number of para-hydroxylation sites is 1. The van der Waals surface area contributed by atoms with Gasteiger partial charge in [0.15, 0.2) is 0 Å². The fourth-order valence-corrected chi connectivity index (χ4v) is 2.81. The van der Waals surface area contributed by atoms with Gasteiger partial charge in [0.2, 0.25) is 0 Å². The molecule has 0 saturated heterocycles. The summed E-state index contributed by atoms with van der Waals surface area (Å²) in [6.07, 6.45) is 2.93. The number of ether oxygens (including phenoxy) is 1. The van der Waals surface area contributed by atoms with Crippen LogP contribution >= 0.6 is 11.6 Å². The van der Waals surface area contributed by atoms with E-state index in [-0.39, 0.29) is 6.61 Å². The van der Waals surface area contributed by atoms with Crippen molar-refractivity contribution in [3.63, 3.8) is 0 Å². The molecule has 0 bridgehead atoms. The van der Waals surface area contributed by atoms with E-state index in [1.54, 1.807) is 35.0 Å². The lowest BCUT2D eigenvalue weighted by Gasteiger charge is -2.03. The molecule has 0 unspecified atom stereocenters. The summed E-state index contributed by atoms with van der Waals surface area (Å²) >= 11 is 6.42. The van der Waals surface area contributed by atoms with E-state index in [0.29, 0.717) is 22.0 Å². The minimum atomic E-state index is -0.484. The van der Waals surface area contributed by atoms with Crippen molar-refractivity contribution in [1.82, 2.24) is 9.78 Å². The molecular formula is C21H16ClN3O2. The number of esters is 1. The Morgan fingerprint density at radius 3 is 2.59 bits per heavy atom. The molecule has 0 amide bonds. The third-order valence-electron chi connectivity index (χ3n) is 3.90. The molecule has 3 rings (SSSR count). The van der Waals surface area contributed by atoms with Gasteiger partial charge in [-0.25, -0.2) is 9.48 Å². The lowest BCUT2D eigenvalue weighted by Crippen LogP contribution is -2.00. The average Bonchev–Trinajstić information content (AvgIpc) is 2.99. The number of aryl methyl sites for hydroxylation is 1. The Labute approximate surface area is 162 Å². The maximum Gasteiger partial charge on any atom is 0.331 e. The van der Waals surface area contributed by atoms with E-state index in [2.05, 4.69) is 5.10 Å². The molecule has 0 spiro atoms. The predicted molar refractivity (Wildman–Crippen MR) is 103 cm³/mol. The molecule has 0 N–H and O–H groups in total. The van der Waals surface area contributed by atoms with Crippen molar-refractivity contribution in [3.05, 3.63) is 88.2 Å². The van der Waals surface area contributed by atoms with Crippen LogP contribution in [0.1, 0.15) is 22.4 Å². The van der Waals surface area contributed by atoms with E-state index in [1.807, 2.05) is 43.3 Å². The number of aromatic nitrogens is 2. The Hall–Kier alpha value is -3.36. The lowest BCUT2D eigenvalue weighted by molar-refractivity contribution is -0.138. The Morgan fingerprint density at radius 1 is 1.22 bits per heavy atom. The second-order valence-electron chi connectivity index (χ2n) is 5.79. The number of rotatable bonds is 5. The quantitative estimate of drug-likeness (QED) is 0.486. The third kappa shape index (κ3) is 4.43. The molecule has 6 heteroatoms. The SMILES string of the molecule is Cc1nn(-c2ccccc2)c(Cl)c1/C=C/C(=O)OCc1ccc(C#N)cc1. The van der Waals surface area contributed by atoms with Gasteiger partial charge in [0, 0.05) is 11.6 Å². The van der Waals surface area contributed by atoms with Gasteiger partial charge >= 0.3 is 5.97 Å². The van der Waals surface area contributed by atoms with E-state index in [1.165, 1.54) is 6.08 Å². The maximum absolute atomic E-state index is 12.0. The van der Waals surface area contributed by atoms with Gasteiger partial charge in [-0.1, -0.05) is 41.9 Å². The summed E-state index contributed by atoms with van der Waals surface area (Å²) in [5.41, 5.74) is 3.58. The maximum atomic E-state index is 12.0. The number of hydrogen-bond donors (Lipinski definition) is 0. The topological polar surface area (TPSA) is 67.9 Å². The van der Waals surface area contributed by atoms with Crippen LogP contribution in [-0.2, 0) is 16.1 Å². The summed E-state index contributed by atoms with van der Waals surface area (Å²) in [5.74, 6) is -0.484. The van der Waals surface area contributed by atoms with E-state index >= 15 is 0 Å². The first kappa shape index (κ1) is 18.4. The van der Waals surface area contributed by atoms with Gasteiger partial charge in [-0.05, 0) is 42.8 Å². The summed E-state index contributed by atoms with van der Waals surface area (Å²) in [7, 11) is 0. The van der Waals surface area contributed by atoms with E-state index in [9.17, 15) is 4.79 Å². The Balaban J connectivity index is 1.67. The standard InChI is InChI=1S/C21H16ClN3O2/c1-15-19(21(22)25(24-15)18-5-3-2-4-6-18)11-12-20(26)27-14-17-9-7-16(13-23)8-10-17/h2-12H,14H2,1H3/b12-11+. The van der Waals surface area contributed by atoms with Crippen LogP contribution in [-0.4, -0.2) is 15.7 Å². The minimum absolute atomic E-state index is 0.130. The summed E-state index contributed by atoms with van der Waals surface area (Å²) < 4.78 is 6.84. The summed E-state index contributed by atoms with van der Waals surface area (Å²) in [6.45, 7) is 1.96. The highest BCUT2D eigenvalue weighted by atomic mass is 35.5. The Bertz CT molecular complexity index is 1020. The molecule has 0 fully saturated rings. The molecule has 0 radical (unpaired) electrons. The molecule has 5 nitrogen and oxygen atoms in total. The van der Waals surface area contributed by atoms with Crippen molar-refractivity contribution in [2.75, 3.05) is 0 Å². The molecular weight excluding hydrogens is 362 g/mol. The second kappa shape index (κ2) is 8.35. The number of benzene rings is 2. The van der Waals surface area contributed by atoms with Gasteiger partial charge in [-0.3, -0.25) is 0 Å². The number of hydrogen-bond acceptors (Lipinski definition) is 4. The highest BCUT2D eigenvalue weighted by Crippen LogP contribution is 2.24. The highest BCUT2D eigenvalue weighted by molar-refractivity contribution is 6.31. The Kier molecular flexibility index (Phi) is 5.70. The zero-order chi connectivity index (χ0) is 19.2. The number of carbonyl (C=O) groups excluding carboxylic acids is 1. The predicted octanol–water partition coefficient (Wildman–Crippen LogP) is 4.46. The van der Waals surface area contributed by atoms with Crippen molar-refractivity contribution in [1.29, 1.82) is 5.26 Å². The van der Waals surface area contributed by atoms with Gasteiger partial charge in [0.05, 0.1) is 23.0 Å². The molecule has 0 saturated carbocycles. The molecule has 0 aliphatic carbocycles. The average molecular weight is 378 g/mol. The van der Waals surface area contributed by atoms with E-state index in [0.717, 1.165) is 11.3 Å². The van der Waals surface area contributed by atoms with Crippen LogP contribution in [0.3, 0.4) is 0 Å². The largest absolute Gasteiger partial charge is 0.458 e. The van der Waals surface area contributed by atoms with Crippen LogP contribution in [0.15, 0.2) is 60.7 Å². The van der Waals surface area contributed by atoms with Crippen LogP contribution in [0.4, 0.5) is 0 Å². The molecule has 3 aromatic rings. The van der Waals surface area contributed by atoms with Crippen LogP contribution < -0.4 is 0 Å². The molecule has 2 aromatic carbocycles. The molecule has 1 heterocycles. The molecule has 134 valence electrons. The van der Waals surface area contributed by atoms with Crippen molar-refractivity contribution in [2.24, 2.45) is 0 Å². The second-order valence-corrected chi connectivity index (χ2v) is 6.15. The van der Waals surface area contributed by atoms with Gasteiger partial charge in [0.1, 0.15) is 11.8 Å². The van der Waals surface area contributed by atoms with E-state index in [4.69, 9.17) is 21.6 Å². The van der Waals surface area contributed by atoms with Crippen LogP contribution in [0.2, 0.25) is 5.15 Å². The summed E-state index contributed by atoms with van der Waals surface area (Å²) in [4.78, 5) is 12.0. The first-order valence-corrected chi connectivity index (χ1v) is 8.60. The van der Waals surface area contributed by atoms with Gasteiger partial charge in [0.25, 0.3) is 0 Å². The van der Waals surface area contributed by atoms with Crippen molar-refractivity contribution < 1.29 is 9.53 Å². The van der Waals surface area contributed by atoms with E-state index < -0.39 is 5.97 Å². The molecule has 1 aromatic heterocycles. The lowest BCUT2D eigenvalue weighted by atomic mass is 10.2. The molecule has 27 heavy (non-hydrogen) atoms. The van der Waals surface area contributed by atoms with Crippen LogP contribution in [0.5, 0.6) is 0 Å². The fraction of sp³-hybridized carbons (Fsp3) is 0.0952. The van der Waals surface area contributed by atoms with Crippen molar-refractivity contribution >= 4 is 23.6 Å². The van der Waals surface area contributed by atoms with Crippen LogP contribution in [0.25, 0.3) is 11.8 Å². The first-order chi connectivity index (χ1) is 13.1. The summed E-state index contributed by atoms with van der Waals surface area (Å²) in [5, 5.41) is 13.6. The van der Waals surface area contributed by atoms with Crippen LogP contribution in [0, 0.1) is 18.3 Å². The smallest absolute Gasteiger partial charge is 0.331 e. The van der Waals surface area contributed by atoms with Crippen molar-refractivity contribution in [3.8, 4) is 11.8 Å². The normalized spacial score (nSPS) is 10.7. The van der Waals surface area contributed by atoms with Crippen molar-refractivity contribution in [2.45, 2.75) is 13.5 Å². The first-order valence-electron chi connectivity index (χ1n) is 8.23. The third-order valence-corrected chi connectivity index (χ3v) is 4.26. The molecule has 0 aliphatic rings. The molecule has 0 aliphatic heterocycles. The van der Waals surface area contributed by atoms with Gasteiger partial charge in [-0.2, -0.15) is 10.4 Å². The number of nitriles is 1. The molecule has 0 atom stereocenters. The number of halogens is 1. The number of carbonyl (C=O) groups is 1. The minimum Gasteiger partial charge on any atom is -0.458 e. The number of nitrogens with zero attached hydrogens (tertiary/aromatic N) is 3. The monoisotopic (exact) mass is 377 g/mol. The van der Waals surface area contributed by atoms with Gasteiger partial charge in [-0.15, -0.1) is 0 Å². The highest BCUT2D eigenvalue weighted by Gasteiger charge is 2.12. The Morgan fingerprint density at radius 2 is 1.93 bits per heavy atom.